The number of hydrogen-bond donors (Lipinski definition) is 1. The second-order valence-electron chi connectivity index (χ2n) is 9.11. The third-order valence-corrected chi connectivity index (χ3v) is 8.50. The lowest BCUT2D eigenvalue weighted by Crippen LogP contribution is -2.36. The lowest BCUT2D eigenvalue weighted by Gasteiger charge is -2.21. The summed E-state index contributed by atoms with van der Waals surface area (Å²) in [6, 6.07) is 22.4. The van der Waals surface area contributed by atoms with Crippen molar-refractivity contribution in [2.75, 3.05) is 13.6 Å². The number of furan rings is 1. The van der Waals surface area contributed by atoms with Gasteiger partial charge in [-0.25, -0.2) is 17.4 Å². The topological polar surface area (TPSA) is 106 Å². The maximum atomic E-state index is 13.4. The van der Waals surface area contributed by atoms with E-state index in [0.29, 0.717) is 52.2 Å². The zero-order chi connectivity index (χ0) is 25.8. The summed E-state index contributed by atoms with van der Waals surface area (Å²) in [6.45, 7) is 0.481. The van der Waals surface area contributed by atoms with E-state index in [-0.39, 0.29) is 10.8 Å². The zero-order valence-corrected chi connectivity index (χ0v) is 20.7. The molecule has 37 heavy (non-hydrogen) atoms. The van der Waals surface area contributed by atoms with Crippen LogP contribution in [0.25, 0.3) is 33.7 Å². The molecule has 0 spiro atoms. The highest BCUT2D eigenvalue weighted by atomic mass is 32.2. The number of hydrogen-bond acceptors (Lipinski definition) is 6. The third-order valence-electron chi connectivity index (χ3n) is 6.84. The van der Waals surface area contributed by atoms with Crippen molar-refractivity contribution in [3.8, 4) is 22.6 Å². The van der Waals surface area contributed by atoms with E-state index in [9.17, 15) is 18.3 Å². The fraction of sp³-hybridized carbons (Fsp3) is 0.143. The normalized spacial score (nSPS) is 18.1. The molecule has 3 aromatic heterocycles. The Balaban J connectivity index is 1.42. The van der Waals surface area contributed by atoms with Crippen molar-refractivity contribution in [3.05, 3.63) is 96.8 Å². The van der Waals surface area contributed by atoms with Gasteiger partial charge in [0.15, 0.2) is 11.2 Å². The number of carbonyl (C=O) groups is 1. The van der Waals surface area contributed by atoms with Gasteiger partial charge in [-0.3, -0.25) is 4.79 Å². The van der Waals surface area contributed by atoms with E-state index >= 15 is 0 Å². The zero-order valence-electron chi connectivity index (χ0n) is 19.9. The molecule has 1 amide bonds. The maximum Gasteiger partial charge on any atom is 0.269 e. The Morgan fingerprint density at radius 3 is 2.51 bits per heavy atom. The molecule has 9 heteroatoms. The number of aromatic nitrogens is 2. The lowest BCUT2D eigenvalue weighted by molar-refractivity contribution is -0.143. The number of amides is 1. The van der Waals surface area contributed by atoms with Gasteiger partial charge in [0.05, 0.1) is 4.90 Å². The number of benzene rings is 2. The highest BCUT2D eigenvalue weighted by molar-refractivity contribution is 7.90. The van der Waals surface area contributed by atoms with Gasteiger partial charge in [-0.05, 0) is 48.0 Å². The molecule has 6 rings (SSSR count). The largest absolute Gasteiger partial charge is 0.456 e. The van der Waals surface area contributed by atoms with Gasteiger partial charge in [0.2, 0.25) is 0 Å². The van der Waals surface area contributed by atoms with Crippen LogP contribution in [0.4, 0.5) is 0 Å². The molecular weight excluding hydrogens is 490 g/mol. The number of nitrogens with zero attached hydrogens (tertiary/aromatic N) is 3. The summed E-state index contributed by atoms with van der Waals surface area (Å²) in [5.74, 6) is 0.662. The molecule has 5 aromatic rings. The first kappa shape index (κ1) is 23.2. The summed E-state index contributed by atoms with van der Waals surface area (Å²) in [5.41, 5.74) is 0.513. The smallest absolute Gasteiger partial charge is 0.269 e. The molecule has 4 heterocycles. The summed E-state index contributed by atoms with van der Waals surface area (Å²) in [6.07, 6.45) is 3.39. The second kappa shape index (κ2) is 8.43. The van der Waals surface area contributed by atoms with Crippen LogP contribution in [0.15, 0.2) is 101 Å². The van der Waals surface area contributed by atoms with Crippen molar-refractivity contribution in [2.24, 2.45) is 0 Å². The van der Waals surface area contributed by atoms with Crippen molar-refractivity contribution >= 4 is 27.0 Å². The molecule has 1 saturated heterocycles. The predicted molar refractivity (Wildman–Crippen MR) is 138 cm³/mol. The van der Waals surface area contributed by atoms with Gasteiger partial charge >= 0.3 is 0 Å². The summed E-state index contributed by atoms with van der Waals surface area (Å²) >= 11 is 0. The fourth-order valence-electron chi connectivity index (χ4n) is 4.81. The first-order valence-electron chi connectivity index (χ1n) is 11.7. The van der Waals surface area contributed by atoms with Gasteiger partial charge in [-0.15, -0.1) is 0 Å². The van der Waals surface area contributed by atoms with Crippen LogP contribution < -0.4 is 0 Å². The van der Waals surface area contributed by atoms with Gasteiger partial charge < -0.3 is 14.4 Å². The van der Waals surface area contributed by atoms with Gasteiger partial charge in [-0.2, -0.15) is 0 Å². The van der Waals surface area contributed by atoms with Gasteiger partial charge in [0, 0.05) is 48.9 Å². The SMILES string of the molecule is CN1CC[C@@](O)(c2cccc(-c3ccc(-c4cn(S(=O)(=O)c5ccccc5)c5ncccc45)o3)c2)C1=O. The Kier molecular flexibility index (Phi) is 5.29. The molecule has 0 unspecified atom stereocenters. The molecular formula is C28H23N3O5S. The minimum absolute atomic E-state index is 0.158. The van der Waals surface area contributed by atoms with Gasteiger partial charge in [0.25, 0.3) is 15.9 Å². The second-order valence-corrected chi connectivity index (χ2v) is 10.9. The number of carbonyl (C=O) groups excluding carboxylic acids is 1. The van der Waals surface area contributed by atoms with Crippen LogP contribution in [-0.2, 0) is 20.4 Å². The molecule has 0 saturated carbocycles. The molecule has 8 nitrogen and oxygen atoms in total. The summed E-state index contributed by atoms with van der Waals surface area (Å²) in [5, 5.41) is 11.7. The van der Waals surface area contributed by atoms with E-state index in [1.54, 1.807) is 86.0 Å². The molecule has 0 bridgehead atoms. The average Bonchev–Trinajstić information content (AvgIpc) is 3.63. The monoisotopic (exact) mass is 513 g/mol. The van der Waals surface area contributed by atoms with E-state index in [1.807, 2.05) is 6.07 Å². The van der Waals surface area contributed by atoms with Crippen molar-refractivity contribution in [1.29, 1.82) is 0 Å². The fourth-order valence-corrected chi connectivity index (χ4v) is 6.15. The van der Waals surface area contributed by atoms with Crippen LogP contribution in [0.1, 0.15) is 12.0 Å². The standard InChI is InChI=1S/C28H23N3O5S/c1-30-16-14-28(33,27(30)32)20-8-5-7-19(17-20)24-12-13-25(36-24)23-18-31(26-22(23)11-6-15-29-26)37(34,35)21-9-3-2-4-10-21/h2-13,15,17-18,33H,14,16H2,1H3/t28-/m1/s1. The van der Waals surface area contributed by atoms with E-state index in [4.69, 9.17) is 4.42 Å². The van der Waals surface area contributed by atoms with Crippen LogP contribution in [0, 0.1) is 0 Å². The number of likely N-dealkylation sites (tertiary alicyclic amines) is 1. The number of pyridine rings is 1. The lowest BCUT2D eigenvalue weighted by atomic mass is 9.91. The van der Waals surface area contributed by atoms with Crippen LogP contribution in [-0.4, -0.2) is 46.9 Å². The van der Waals surface area contributed by atoms with E-state index in [0.717, 1.165) is 0 Å². The summed E-state index contributed by atoms with van der Waals surface area (Å²) in [7, 11) is -2.21. The van der Waals surface area contributed by atoms with Crippen molar-refractivity contribution in [3.63, 3.8) is 0 Å². The van der Waals surface area contributed by atoms with E-state index < -0.39 is 15.6 Å². The van der Waals surface area contributed by atoms with Crippen LogP contribution in [0.3, 0.4) is 0 Å². The van der Waals surface area contributed by atoms with Crippen molar-refractivity contribution in [2.45, 2.75) is 16.9 Å². The molecule has 1 aliphatic rings. The molecule has 1 fully saturated rings. The van der Waals surface area contributed by atoms with E-state index in [2.05, 4.69) is 4.98 Å². The predicted octanol–water partition coefficient (Wildman–Crippen LogP) is 4.25. The number of rotatable bonds is 5. The first-order chi connectivity index (χ1) is 17.8. The number of fused-ring (bicyclic) bond motifs is 1. The first-order valence-corrected chi connectivity index (χ1v) is 13.2. The van der Waals surface area contributed by atoms with E-state index in [1.165, 1.54) is 15.1 Å². The minimum atomic E-state index is -3.88. The van der Waals surface area contributed by atoms with Crippen LogP contribution >= 0.6 is 0 Å². The summed E-state index contributed by atoms with van der Waals surface area (Å²) < 4.78 is 34.2. The molecule has 1 N–H and O–H groups in total. The third kappa shape index (κ3) is 3.66. The Bertz CT molecular complexity index is 1760. The van der Waals surface area contributed by atoms with Crippen molar-refractivity contribution in [1.82, 2.24) is 13.9 Å². The average molecular weight is 514 g/mol. The number of aliphatic hydroxyl groups is 1. The number of likely N-dealkylation sites (N-methyl/N-ethyl adjacent to an activating group) is 1. The molecule has 1 aliphatic heterocycles. The molecule has 0 aliphatic carbocycles. The summed E-state index contributed by atoms with van der Waals surface area (Å²) in [4.78, 5) is 18.6. The Labute approximate surface area is 213 Å². The minimum Gasteiger partial charge on any atom is -0.456 e. The Morgan fingerprint density at radius 2 is 1.76 bits per heavy atom. The van der Waals surface area contributed by atoms with Crippen molar-refractivity contribution < 1.29 is 22.7 Å². The Morgan fingerprint density at radius 1 is 0.973 bits per heavy atom. The Hall–Kier alpha value is -4.21. The van der Waals surface area contributed by atoms with Crippen LogP contribution in [0.2, 0.25) is 0 Å². The molecule has 1 atom stereocenters. The quantitative estimate of drug-likeness (QED) is 0.377. The van der Waals surface area contributed by atoms with Gasteiger partial charge in [0.1, 0.15) is 11.5 Å². The molecule has 186 valence electrons. The highest BCUT2D eigenvalue weighted by Gasteiger charge is 2.45. The highest BCUT2D eigenvalue weighted by Crippen LogP contribution is 2.38. The van der Waals surface area contributed by atoms with Crippen LogP contribution in [0.5, 0.6) is 0 Å². The van der Waals surface area contributed by atoms with Gasteiger partial charge in [-0.1, -0.05) is 36.4 Å². The maximum absolute atomic E-state index is 13.4. The molecule has 0 radical (unpaired) electrons. The molecule has 2 aromatic carbocycles.